The molecule has 20 heavy (non-hydrogen) atoms. The second-order valence-electron chi connectivity index (χ2n) is 5.16. The second kappa shape index (κ2) is 7.06. The van der Waals surface area contributed by atoms with Crippen molar-refractivity contribution >= 4 is 15.7 Å². The Hall–Kier alpha value is -1.11. The van der Waals surface area contributed by atoms with E-state index in [9.17, 15) is 8.42 Å². The molecule has 0 bridgehead atoms. The molecule has 0 radical (unpaired) electrons. The molecule has 0 saturated carbocycles. The van der Waals surface area contributed by atoms with Crippen molar-refractivity contribution in [2.45, 2.75) is 38.6 Å². The smallest absolute Gasteiger partial charge is 0.241 e. The summed E-state index contributed by atoms with van der Waals surface area (Å²) >= 11 is 0. The maximum atomic E-state index is 12.4. The monoisotopic (exact) mass is 300 g/mol. The molecule has 0 fully saturated rings. The van der Waals surface area contributed by atoms with Crippen LogP contribution in [0.5, 0.6) is 0 Å². The highest BCUT2D eigenvalue weighted by atomic mass is 32.2. The van der Waals surface area contributed by atoms with Gasteiger partial charge in [0, 0.05) is 18.3 Å². The van der Waals surface area contributed by atoms with E-state index in [2.05, 4.69) is 4.72 Å². The van der Waals surface area contributed by atoms with Gasteiger partial charge in [0.25, 0.3) is 0 Å². The average Bonchev–Trinajstić information content (AvgIpc) is 2.33. The van der Waals surface area contributed by atoms with E-state index < -0.39 is 10.0 Å². The first kappa shape index (κ1) is 16.9. The Bertz CT molecular complexity index is 541. The largest absolute Gasteiger partial charge is 0.399 e. The third kappa shape index (κ3) is 4.47. The fourth-order valence-electron chi connectivity index (χ4n) is 1.84. The summed E-state index contributed by atoms with van der Waals surface area (Å²) in [5.74, 6) is 0.144. The van der Waals surface area contributed by atoms with Crippen molar-refractivity contribution in [3.05, 3.63) is 23.8 Å². The van der Waals surface area contributed by atoms with Crippen LogP contribution in [0.15, 0.2) is 23.1 Å². The van der Waals surface area contributed by atoms with E-state index in [0.717, 1.165) is 0 Å². The van der Waals surface area contributed by atoms with Crippen molar-refractivity contribution in [2.24, 2.45) is 5.92 Å². The number of hydrogen-bond acceptors (Lipinski definition) is 4. The van der Waals surface area contributed by atoms with Crippen molar-refractivity contribution in [3.63, 3.8) is 0 Å². The van der Waals surface area contributed by atoms with Crippen molar-refractivity contribution in [2.75, 3.05) is 18.9 Å². The van der Waals surface area contributed by atoms with Gasteiger partial charge in [0.05, 0.1) is 11.5 Å². The van der Waals surface area contributed by atoms with Crippen LogP contribution >= 0.6 is 0 Å². The quantitative estimate of drug-likeness (QED) is 0.754. The Kier molecular flexibility index (Phi) is 5.98. The molecule has 0 aliphatic carbocycles. The number of rotatable bonds is 7. The fraction of sp³-hybridized carbons (Fsp3) is 0.571. The molecule has 114 valence electrons. The third-order valence-electron chi connectivity index (χ3n) is 3.10. The number of ether oxygens (including phenoxy) is 1. The summed E-state index contributed by atoms with van der Waals surface area (Å²) in [6, 6.07) is 4.53. The van der Waals surface area contributed by atoms with Crippen LogP contribution in [0.3, 0.4) is 0 Å². The number of sulfonamides is 1. The molecule has 5 nitrogen and oxygen atoms in total. The topological polar surface area (TPSA) is 81.4 Å². The van der Waals surface area contributed by atoms with Gasteiger partial charge < -0.3 is 10.5 Å². The molecule has 1 rings (SSSR count). The summed E-state index contributed by atoms with van der Waals surface area (Å²) in [4.78, 5) is 0.258. The summed E-state index contributed by atoms with van der Waals surface area (Å²) in [5, 5.41) is 0. The maximum absolute atomic E-state index is 12.4. The predicted molar refractivity (Wildman–Crippen MR) is 81.0 cm³/mol. The lowest BCUT2D eigenvalue weighted by Crippen LogP contribution is -2.42. The summed E-state index contributed by atoms with van der Waals surface area (Å²) < 4.78 is 32.9. The first-order valence-electron chi connectivity index (χ1n) is 6.74. The summed E-state index contributed by atoms with van der Waals surface area (Å²) in [6.07, 6.45) is 0. The Balaban J connectivity index is 2.97. The van der Waals surface area contributed by atoms with Gasteiger partial charge in [-0.15, -0.1) is 0 Å². The van der Waals surface area contributed by atoms with E-state index in [1.807, 2.05) is 20.8 Å². The van der Waals surface area contributed by atoms with Gasteiger partial charge in [0.1, 0.15) is 0 Å². The second-order valence-corrected chi connectivity index (χ2v) is 6.84. The first-order valence-corrected chi connectivity index (χ1v) is 8.22. The minimum atomic E-state index is -3.57. The average molecular weight is 300 g/mol. The van der Waals surface area contributed by atoms with E-state index in [4.69, 9.17) is 10.5 Å². The van der Waals surface area contributed by atoms with Crippen LogP contribution in [-0.4, -0.2) is 27.7 Å². The minimum Gasteiger partial charge on any atom is -0.399 e. The van der Waals surface area contributed by atoms with Gasteiger partial charge in [-0.25, -0.2) is 13.1 Å². The van der Waals surface area contributed by atoms with E-state index in [1.54, 1.807) is 19.1 Å². The highest BCUT2D eigenvalue weighted by Gasteiger charge is 2.23. The minimum absolute atomic E-state index is 0.144. The maximum Gasteiger partial charge on any atom is 0.241 e. The number of hydrogen-bond donors (Lipinski definition) is 2. The molecule has 0 aromatic heterocycles. The normalized spacial score (nSPS) is 13.7. The standard InChI is InChI=1S/C14H24N2O3S/c1-5-19-9-13(10(2)3)16-20(17,18)14-7-6-12(15)8-11(14)4/h6-8,10,13,16H,5,9,15H2,1-4H3. The Morgan fingerprint density at radius 3 is 2.50 bits per heavy atom. The molecule has 1 aromatic carbocycles. The zero-order valence-electron chi connectivity index (χ0n) is 12.5. The van der Waals surface area contributed by atoms with Gasteiger partial charge in [0.2, 0.25) is 10.0 Å². The lowest BCUT2D eigenvalue weighted by Gasteiger charge is -2.22. The highest BCUT2D eigenvalue weighted by Crippen LogP contribution is 2.19. The third-order valence-corrected chi connectivity index (χ3v) is 4.75. The number of nitrogens with two attached hydrogens (primary N) is 1. The van der Waals surface area contributed by atoms with Crippen molar-refractivity contribution in [1.82, 2.24) is 4.72 Å². The van der Waals surface area contributed by atoms with Crippen LogP contribution in [0.25, 0.3) is 0 Å². The molecule has 6 heteroatoms. The van der Waals surface area contributed by atoms with Gasteiger partial charge in [-0.2, -0.15) is 0 Å². The summed E-state index contributed by atoms with van der Waals surface area (Å²) in [6.45, 7) is 8.46. The number of nitrogens with one attached hydrogen (secondary N) is 1. The van der Waals surface area contributed by atoms with Crippen LogP contribution in [0.2, 0.25) is 0 Å². The molecule has 0 aliphatic rings. The first-order chi connectivity index (χ1) is 9.27. The molecule has 0 amide bonds. The summed E-state index contributed by atoms with van der Waals surface area (Å²) in [7, 11) is -3.57. The molecule has 1 atom stereocenters. The lowest BCUT2D eigenvalue weighted by atomic mass is 10.1. The SMILES string of the molecule is CCOCC(NS(=O)(=O)c1ccc(N)cc1C)C(C)C. The highest BCUT2D eigenvalue weighted by molar-refractivity contribution is 7.89. The molecule has 0 heterocycles. The van der Waals surface area contributed by atoms with Crippen LogP contribution < -0.4 is 10.5 Å². The molecule has 1 aromatic rings. The van der Waals surface area contributed by atoms with Crippen LogP contribution in [-0.2, 0) is 14.8 Å². The zero-order valence-corrected chi connectivity index (χ0v) is 13.3. The molecule has 0 spiro atoms. The van der Waals surface area contributed by atoms with Crippen molar-refractivity contribution in [3.8, 4) is 0 Å². The Morgan fingerprint density at radius 1 is 1.35 bits per heavy atom. The molecular formula is C14H24N2O3S. The van der Waals surface area contributed by atoms with Gasteiger partial charge in [-0.3, -0.25) is 0 Å². The number of anilines is 1. The van der Waals surface area contributed by atoms with Crippen LogP contribution in [0, 0.1) is 12.8 Å². The van der Waals surface area contributed by atoms with Gasteiger partial charge >= 0.3 is 0 Å². The van der Waals surface area contributed by atoms with E-state index in [1.165, 1.54) is 6.07 Å². The number of aryl methyl sites for hydroxylation is 1. The van der Waals surface area contributed by atoms with E-state index >= 15 is 0 Å². The van der Waals surface area contributed by atoms with Crippen molar-refractivity contribution < 1.29 is 13.2 Å². The number of nitrogen functional groups attached to an aromatic ring is 1. The van der Waals surface area contributed by atoms with E-state index in [0.29, 0.717) is 24.5 Å². The Morgan fingerprint density at radius 2 is 2.00 bits per heavy atom. The summed E-state index contributed by atoms with van der Waals surface area (Å²) in [5.41, 5.74) is 6.84. The van der Waals surface area contributed by atoms with Gasteiger partial charge in [0.15, 0.2) is 0 Å². The number of benzene rings is 1. The Labute approximate surface area is 121 Å². The molecular weight excluding hydrogens is 276 g/mol. The molecule has 1 unspecified atom stereocenters. The van der Waals surface area contributed by atoms with Crippen LogP contribution in [0.4, 0.5) is 5.69 Å². The van der Waals surface area contributed by atoms with E-state index in [-0.39, 0.29) is 16.9 Å². The van der Waals surface area contributed by atoms with Crippen molar-refractivity contribution in [1.29, 1.82) is 0 Å². The molecule has 0 saturated heterocycles. The predicted octanol–water partition coefficient (Wildman–Crippen LogP) is 1.92. The molecule has 3 N–H and O–H groups in total. The lowest BCUT2D eigenvalue weighted by molar-refractivity contribution is 0.116. The molecule has 0 aliphatic heterocycles. The van der Waals surface area contributed by atoms with Crippen LogP contribution in [0.1, 0.15) is 26.3 Å². The zero-order chi connectivity index (χ0) is 15.3. The fourth-order valence-corrected chi connectivity index (χ4v) is 3.44. The van der Waals surface area contributed by atoms with Gasteiger partial charge in [-0.05, 0) is 43.5 Å². The van der Waals surface area contributed by atoms with Gasteiger partial charge in [-0.1, -0.05) is 13.8 Å².